The molecule has 0 bridgehead atoms. The fourth-order valence-electron chi connectivity index (χ4n) is 3.52. The highest BCUT2D eigenvalue weighted by Crippen LogP contribution is 2.29. The van der Waals surface area contributed by atoms with E-state index in [2.05, 4.69) is 15.9 Å². The zero-order valence-corrected chi connectivity index (χ0v) is 18.7. The van der Waals surface area contributed by atoms with Crippen LogP contribution in [0.25, 0.3) is 0 Å². The number of hydrogen-bond acceptors (Lipinski definition) is 4. The van der Waals surface area contributed by atoms with E-state index in [9.17, 15) is 9.59 Å². The minimum absolute atomic E-state index is 0.00105. The van der Waals surface area contributed by atoms with Crippen LogP contribution in [0, 0.1) is 5.92 Å². The number of hydrogen-bond donors (Lipinski definition) is 0. The van der Waals surface area contributed by atoms with Crippen LogP contribution in [0.1, 0.15) is 46.6 Å². The monoisotopic (exact) mass is 449 g/mol. The lowest BCUT2D eigenvalue weighted by Crippen LogP contribution is -2.43. The van der Waals surface area contributed by atoms with Gasteiger partial charge in [-0.3, -0.25) is 14.7 Å². The van der Waals surface area contributed by atoms with Gasteiger partial charge in [0.1, 0.15) is 17.0 Å². The van der Waals surface area contributed by atoms with Gasteiger partial charge < -0.3 is 9.64 Å². The highest BCUT2D eigenvalue weighted by molar-refractivity contribution is 9.10. The lowest BCUT2D eigenvalue weighted by Gasteiger charge is -2.26. The molecular weight excluding hydrogens is 422 g/mol. The Morgan fingerprint density at radius 1 is 1.29 bits per heavy atom. The Morgan fingerprint density at radius 2 is 1.93 bits per heavy atom. The van der Waals surface area contributed by atoms with Crippen molar-refractivity contribution < 1.29 is 14.3 Å². The normalized spacial score (nSPS) is 21.9. The van der Waals surface area contributed by atoms with Crippen LogP contribution < -0.4 is 0 Å². The molecule has 0 radical (unpaired) electrons. The summed E-state index contributed by atoms with van der Waals surface area (Å²) >= 11 is 3.45. The smallest absolute Gasteiger partial charge is 0.410 e. The van der Waals surface area contributed by atoms with Gasteiger partial charge in [0.25, 0.3) is 5.91 Å². The van der Waals surface area contributed by atoms with Crippen molar-refractivity contribution in [1.82, 2.24) is 9.80 Å². The summed E-state index contributed by atoms with van der Waals surface area (Å²) in [4.78, 5) is 33.5. The molecule has 28 heavy (non-hydrogen) atoms. The maximum Gasteiger partial charge on any atom is 0.410 e. The minimum atomic E-state index is -0.772. The number of carbonyl (C=O) groups is 2. The van der Waals surface area contributed by atoms with E-state index < -0.39 is 11.1 Å². The highest BCUT2D eigenvalue weighted by Gasteiger charge is 2.43. The Bertz CT molecular complexity index is 796. The maximum atomic E-state index is 13.0. The van der Waals surface area contributed by atoms with E-state index in [-0.39, 0.29) is 17.9 Å². The molecule has 2 amide bonds. The van der Waals surface area contributed by atoms with Crippen molar-refractivity contribution in [2.45, 2.75) is 52.2 Å². The molecule has 6 nitrogen and oxygen atoms in total. The third kappa shape index (κ3) is 4.57. The van der Waals surface area contributed by atoms with Gasteiger partial charge in [-0.05, 0) is 59.1 Å². The number of nitrogens with zero attached hydrogens (tertiary/aromatic N) is 3. The zero-order chi connectivity index (χ0) is 20.7. The van der Waals surface area contributed by atoms with Gasteiger partial charge in [0.05, 0.1) is 0 Å². The van der Waals surface area contributed by atoms with E-state index in [1.165, 1.54) is 0 Å². The fraction of sp³-hybridized carbons (Fsp3) is 0.571. The highest BCUT2D eigenvalue weighted by atomic mass is 79.9. The summed E-state index contributed by atoms with van der Waals surface area (Å²) in [6, 6.07) is 7.83. The van der Waals surface area contributed by atoms with Crippen molar-refractivity contribution in [3.63, 3.8) is 0 Å². The molecule has 1 unspecified atom stereocenters. The molecule has 2 heterocycles. The van der Waals surface area contributed by atoms with Crippen LogP contribution in [0.2, 0.25) is 0 Å². The Labute approximate surface area is 175 Å². The first-order chi connectivity index (χ1) is 13.0. The molecule has 1 aromatic rings. The third-order valence-corrected chi connectivity index (χ3v) is 5.42. The van der Waals surface area contributed by atoms with Crippen molar-refractivity contribution >= 4 is 33.8 Å². The second-order valence-corrected chi connectivity index (χ2v) is 9.91. The second-order valence-electron chi connectivity index (χ2n) is 9.00. The molecule has 0 aromatic heterocycles. The van der Waals surface area contributed by atoms with Gasteiger partial charge in [-0.1, -0.05) is 28.1 Å². The first kappa shape index (κ1) is 20.8. The van der Waals surface area contributed by atoms with Crippen LogP contribution in [0.4, 0.5) is 4.79 Å². The van der Waals surface area contributed by atoms with Crippen molar-refractivity contribution in [3.8, 4) is 0 Å². The quantitative estimate of drug-likeness (QED) is 0.698. The summed E-state index contributed by atoms with van der Waals surface area (Å²) < 4.78 is 6.46. The predicted octanol–water partition coefficient (Wildman–Crippen LogP) is 4.07. The summed E-state index contributed by atoms with van der Waals surface area (Å²) in [5.41, 5.74) is -0.360. The molecule has 0 aliphatic carbocycles. The van der Waals surface area contributed by atoms with E-state index in [1.807, 2.05) is 58.9 Å². The number of halogens is 1. The molecule has 2 aliphatic rings. The molecule has 1 aromatic carbocycles. The van der Waals surface area contributed by atoms with Gasteiger partial charge in [-0.15, -0.1) is 0 Å². The van der Waals surface area contributed by atoms with Crippen molar-refractivity contribution in [2.24, 2.45) is 10.9 Å². The number of amides is 2. The maximum absolute atomic E-state index is 13.0. The van der Waals surface area contributed by atoms with E-state index in [4.69, 9.17) is 9.73 Å². The summed E-state index contributed by atoms with van der Waals surface area (Å²) in [6.45, 7) is 11.1. The molecule has 3 rings (SSSR count). The van der Waals surface area contributed by atoms with Crippen LogP contribution in [-0.4, -0.2) is 58.4 Å². The Balaban J connectivity index is 1.72. The number of likely N-dealkylation sites (tertiary alicyclic amines) is 1. The van der Waals surface area contributed by atoms with E-state index in [0.717, 1.165) is 16.5 Å². The number of amidine groups is 1. The predicted molar refractivity (Wildman–Crippen MR) is 112 cm³/mol. The van der Waals surface area contributed by atoms with Gasteiger partial charge in [0.2, 0.25) is 0 Å². The zero-order valence-electron chi connectivity index (χ0n) is 17.2. The topological polar surface area (TPSA) is 62.2 Å². The molecule has 0 N–H and O–H groups in total. The lowest BCUT2D eigenvalue weighted by atomic mass is 10.0. The summed E-state index contributed by atoms with van der Waals surface area (Å²) in [7, 11) is 0. The SMILES string of the molecule is CC(C)(C)OC(=O)N1CCC(CN2C(=O)C(C)(C)N=C2c2ccc(Br)cc2)C1. The van der Waals surface area contributed by atoms with Crippen LogP contribution in [-0.2, 0) is 9.53 Å². The average Bonchev–Trinajstić information content (AvgIpc) is 3.13. The van der Waals surface area contributed by atoms with Crippen LogP contribution in [0.15, 0.2) is 33.7 Å². The summed E-state index contributed by atoms with van der Waals surface area (Å²) in [5.74, 6) is 0.908. The largest absolute Gasteiger partial charge is 0.444 e. The fourth-order valence-corrected chi connectivity index (χ4v) is 3.78. The molecule has 2 aliphatic heterocycles. The number of rotatable bonds is 3. The van der Waals surface area contributed by atoms with Crippen LogP contribution in [0.3, 0.4) is 0 Å². The Morgan fingerprint density at radius 3 is 2.54 bits per heavy atom. The van der Waals surface area contributed by atoms with Crippen LogP contribution >= 0.6 is 15.9 Å². The van der Waals surface area contributed by atoms with Crippen molar-refractivity contribution in [3.05, 3.63) is 34.3 Å². The molecule has 1 fully saturated rings. The first-order valence-electron chi connectivity index (χ1n) is 9.62. The molecule has 0 spiro atoms. The molecule has 152 valence electrons. The lowest BCUT2D eigenvalue weighted by molar-refractivity contribution is -0.130. The van der Waals surface area contributed by atoms with Crippen molar-refractivity contribution in [2.75, 3.05) is 19.6 Å². The standard InChI is InChI=1S/C21H28BrN3O3/c1-20(2,3)28-19(27)24-11-10-14(12-24)13-25-17(23-21(4,5)18(25)26)15-6-8-16(22)9-7-15/h6-9,14H,10-13H2,1-5H3. The number of aliphatic imine (C=N–C) groups is 1. The Kier molecular flexibility index (Phi) is 5.58. The number of carbonyl (C=O) groups excluding carboxylic acids is 2. The first-order valence-corrected chi connectivity index (χ1v) is 10.4. The Hall–Kier alpha value is -1.89. The number of ether oxygens (including phenoxy) is 1. The summed E-state index contributed by atoms with van der Waals surface area (Å²) in [6.07, 6.45) is 0.557. The minimum Gasteiger partial charge on any atom is -0.444 e. The van der Waals surface area contributed by atoms with Crippen molar-refractivity contribution in [1.29, 1.82) is 0 Å². The van der Waals surface area contributed by atoms with Gasteiger partial charge >= 0.3 is 6.09 Å². The van der Waals surface area contributed by atoms with E-state index >= 15 is 0 Å². The van der Waals surface area contributed by atoms with E-state index in [0.29, 0.717) is 25.5 Å². The van der Waals surface area contributed by atoms with Gasteiger partial charge in [0.15, 0.2) is 0 Å². The molecule has 1 atom stereocenters. The van der Waals surface area contributed by atoms with Gasteiger partial charge in [0, 0.05) is 29.7 Å². The van der Waals surface area contributed by atoms with Gasteiger partial charge in [-0.2, -0.15) is 0 Å². The average molecular weight is 450 g/mol. The molecule has 1 saturated heterocycles. The second kappa shape index (κ2) is 7.50. The third-order valence-electron chi connectivity index (χ3n) is 4.89. The van der Waals surface area contributed by atoms with Crippen LogP contribution in [0.5, 0.6) is 0 Å². The van der Waals surface area contributed by atoms with E-state index in [1.54, 1.807) is 9.80 Å². The summed E-state index contributed by atoms with van der Waals surface area (Å²) in [5, 5.41) is 0. The molecule has 0 saturated carbocycles. The van der Waals surface area contributed by atoms with Gasteiger partial charge in [-0.25, -0.2) is 4.79 Å². The molecular formula is C21H28BrN3O3. The number of benzene rings is 1. The molecule has 7 heteroatoms.